The van der Waals surface area contributed by atoms with E-state index in [1.807, 2.05) is 18.2 Å². The number of carbonyl (C=O) groups is 1. The predicted molar refractivity (Wildman–Crippen MR) is 87.6 cm³/mol. The number of nitrogens with one attached hydrogen (secondary N) is 2. The lowest BCUT2D eigenvalue weighted by molar-refractivity contribution is -0.120. The molecule has 22 heavy (non-hydrogen) atoms. The highest BCUT2D eigenvalue weighted by atomic mass is 16.5. The number of methoxy groups -OCH3 is 1. The first kappa shape index (κ1) is 16.6. The molecule has 1 aliphatic heterocycles. The Kier molecular flexibility index (Phi) is 6.07. The maximum atomic E-state index is 12.3. The SMILES string of the molecule is COc1ccc(NC(=O)[C@@H]2CCCNC2)cc1OCC(C)C. The summed E-state index contributed by atoms with van der Waals surface area (Å²) in [7, 11) is 1.61. The summed E-state index contributed by atoms with van der Waals surface area (Å²) in [6, 6.07) is 5.50. The second-order valence-electron chi connectivity index (χ2n) is 6.10. The van der Waals surface area contributed by atoms with Gasteiger partial charge in [-0.05, 0) is 37.4 Å². The number of ether oxygens (including phenoxy) is 2. The van der Waals surface area contributed by atoms with Gasteiger partial charge in [-0.1, -0.05) is 13.8 Å². The van der Waals surface area contributed by atoms with E-state index in [2.05, 4.69) is 24.5 Å². The third-order valence-corrected chi connectivity index (χ3v) is 3.67. The van der Waals surface area contributed by atoms with Crippen molar-refractivity contribution >= 4 is 11.6 Å². The van der Waals surface area contributed by atoms with Crippen molar-refractivity contribution in [2.45, 2.75) is 26.7 Å². The number of hydrogen-bond donors (Lipinski definition) is 2. The van der Waals surface area contributed by atoms with Gasteiger partial charge in [-0.25, -0.2) is 0 Å². The summed E-state index contributed by atoms with van der Waals surface area (Å²) in [6.07, 6.45) is 1.98. The van der Waals surface area contributed by atoms with Gasteiger partial charge in [-0.15, -0.1) is 0 Å². The number of anilines is 1. The monoisotopic (exact) mass is 306 g/mol. The number of carbonyl (C=O) groups excluding carboxylic acids is 1. The molecule has 1 aliphatic rings. The average Bonchev–Trinajstić information content (AvgIpc) is 2.54. The van der Waals surface area contributed by atoms with Gasteiger partial charge < -0.3 is 20.1 Å². The standard InChI is InChI=1S/C17H26N2O3/c1-12(2)11-22-16-9-14(6-7-15(16)21-3)19-17(20)13-5-4-8-18-10-13/h6-7,9,12-13,18H,4-5,8,10-11H2,1-3H3,(H,19,20)/t13-/m1/s1. The minimum atomic E-state index is 0.0379. The van der Waals surface area contributed by atoms with Crippen molar-refractivity contribution in [3.05, 3.63) is 18.2 Å². The lowest BCUT2D eigenvalue weighted by atomic mass is 9.99. The minimum Gasteiger partial charge on any atom is -0.493 e. The van der Waals surface area contributed by atoms with Crippen LogP contribution in [-0.4, -0.2) is 32.7 Å². The molecule has 5 nitrogen and oxygen atoms in total. The van der Waals surface area contributed by atoms with E-state index in [1.54, 1.807) is 7.11 Å². The molecule has 2 rings (SSSR count). The Morgan fingerprint density at radius 2 is 2.23 bits per heavy atom. The highest BCUT2D eigenvalue weighted by molar-refractivity contribution is 5.93. The van der Waals surface area contributed by atoms with Gasteiger partial charge in [0.15, 0.2) is 11.5 Å². The summed E-state index contributed by atoms with van der Waals surface area (Å²) in [5, 5.41) is 6.23. The molecule has 0 aliphatic carbocycles. The van der Waals surface area contributed by atoms with Crippen LogP contribution in [0.15, 0.2) is 18.2 Å². The van der Waals surface area contributed by atoms with Crippen LogP contribution in [0.3, 0.4) is 0 Å². The lowest BCUT2D eigenvalue weighted by Gasteiger charge is -2.22. The molecule has 1 fully saturated rings. The summed E-state index contributed by atoms with van der Waals surface area (Å²) in [5.74, 6) is 1.87. The molecule has 1 atom stereocenters. The van der Waals surface area contributed by atoms with Crippen LogP contribution >= 0.6 is 0 Å². The van der Waals surface area contributed by atoms with Crippen molar-refractivity contribution < 1.29 is 14.3 Å². The molecular formula is C17H26N2O3. The molecule has 5 heteroatoms. The van der Waals surface area contributed by atoms with E-state index >= 15 is 0 Å². The normalized spacial score (nSPS) is 18.1. The van der Waals surface area contributed by atoms with Gasteiger partial charge in [-0.3, -0.25) is 4.79 Å². The van der Waals surface area contributed by atoms with Crippen LogP contribution in [-0.2, 0) is 4.79 Å². The molecule has 1 amide bonds. The Morgan fingerprint density at radius 1 is 1.41 bits per heavy atom. The molecule has 122 valence electrons. The molecule has 0 radical (unpaired) electrons. The Hall–Kier alpha value is -1.75. The molecule has 0 unspecified atom stereocenters. The zero-order valence-corrected chi connectivity index (χ0v) is 13.6. The molecule has 2 N–H and O–H groups in total. The Bertz CT molecular complexity index is 497. The number of hydrogen-bond acceptors (Lipinski definition) is 4. The maximum Gasteiger partial charge on any atom is 0.228 e. The van der Waals surface area contributed by atoms with Crippen molar-refractivity contribution in [2.24, 2.45) is 11.8 Å². The van der Waals surface area contributed by atoms with E-state index in [1.165, 1.54) is 0 Å². The Labute approximate surface area is 132 Å². The molecule has 0 saturated carbocycles. The van der Waals surface area contributed by atoms with Gasteiger partial charge >= 0.3 is 0 Å². The summed E-state index contributed by atoms with van der Waals surface area (Å²) in [4.78, 5) is 12.3. The smallest absolute Gasteiger partial charge is 0.228 e. The van der Waals surface area contributed by atoms with Crippen molar-refractivity contribution in [3.8, 4) is 11.5 Å². The van der Waals surface area contributed by atoms with E-state index in [-0.39, 0.29) is 11.8 Å². The van der Waals surface area contributed by atoms with Gasteiger partial charge in [0.1, 0.15) is 0 Å². The van der Waals surface area contributed by atoms with E-state index in [0.29, 0.717) is 24.0 Å². The zero-order valence-electron chi connectivity index (χ0n) is 13.6. The number of piperidine rings is 1. The van der Waals surface area contributed by atoms with Crippen molar-refractivity contribution in [1.29, 1.82) is 0 Å². The maximum absolute atomic E-state index is 12.3. The van der Waals surface area contributed by atoms with Crippen LogP contribution in [0, 0.1) is 11.8 Å². The summed E-state index contributed by atoms with van der Waals surface area (Å²) >= 11 is 0. The fourth-order valence-corrected chi connectivity index (χ4v) is 2.44. The molecule has 0 aromatic heterocycles. The minimum absolute atomic E-state index is 0.0379. The van der Waals surface area contributed by atoms with Crippen molar-refractivity contribution in [3.63, 3.8) is 0 Å². The second-order valence-corrected chi connectivity index (χ2v) is 6.10. The zero-order chi connectivity index (χ0) is 15.9. The van der Waals surface area contributed by atoms with Gasteiger partial charge in [0.25, 0.3) is 0 Å². The van der Waals surface area contributed by atoms with Crippen molar-refractivity contribution in [2.75, 3.05) is 32.1 Å². The summed E-state index contributed by atoms with van der Waals surface area (Å²) < 4.78 is 11.1. The van der Waals surface area contributed by atoms with Crippen LogP contribution in [0.2, 0.25) is 0 Å². The van der Waals surface area contributed by atoms with Crippen LogP contribution < -0.4 is 20.1 Å². The highest BCUT2D eigenvalue weighted by Crippen LogP contribution is 2.31. The van der Waals surface area contributed by atoms with Crippen LogP contribution in [0.4, 0.5) is 5.69 Å². The highest BCUT2D eigenvalue weighted by Gasteiger charge is 2.21. The van der Waals surface area contributed by atoms with Gasteiger partial charge in [0.05, 0.1) is 19.6 Å². The largest absolute Gasteiger partial charge is 0.493 e. The van der Waals surface area contributed by atoms with E-state index in [4.69, 9.17) is 9.47 Å². The number of benzene rings is 1. The molecule has 0 spiro atoms. The quantitative estimate of drug-likeness (QED) is 0.848. The van der Waals surface area contributed by atoms with Crippen molar-refractivity contribution in [1.82, 2.24) is 5.32 Å². The fraction of sp³-hybridized carbons (Fsp3) is 0.588. The van der Waals surface area contributed by atoms with E-state index in [0.717, 1.165) is 31.6 Å². The molecule has 1 saturated heterocycles. The molecule has 1 aromatic rings. The van der Waals surface area contributed by atoms with Crippen LogP contribution in [0.1, 0.15) is 26.7 Å². The topological polar surface area (TPSA) is 59.6 Å². The Balaban J connectivity index is 2.03. The number of rotatable bonds is 6. The van der Waals surface area contributed by atoms with E-state index in [9.17, 15) is 4.79 Å². The third kappa shape index (κ3) is 4.63. The number of amides is 1. The van der Waals surface area contributed by atoms with Gasteiger partial charge in [-0.2, -0.15) is 0 Å². The molecular weight excluding hydrogens is 280 g/mol. The Morgan fingerprint density at radius 3 is 2.86 bits per heavy atom. The first-order valence-corrected chi connectivity index (χ1v) is 7.92. The fourth-order valence-electron chi connectivity index (χ4n) is 2.44. The second kappa shape index (κ2) is 8.03. The van der Waals surface area contributed by atoms with Gasteiger partial charge in [0.2, 0.25) is 5.91 Å². The average molecular weight is 306 g/mol. The first-order chi connectivity index (χ1) is 10.6. The summed E-state index contributed by atoms with van der Waals surface area (Å²) in [5.41, 5.74) is 0.745. The lowest BCUT2D eigenvalue weighted by Crippen LogP contribution is -2.37. The first-order valence-electron chi connectivity index (χ1n) is 7.92. The predicted octanol–water partition coefficient (Wildman–Crippen LogP) is 2.67. The summed E-state index contributed by atoms with van der Waals surface area (Å²) in [6.45, 7) is 6.54. The molecule has 1 heterocycles. The molecule has 1 aromatic carbocycles. The third-order valence-electron chi connectivity index (χ3n) is 3.67. The van der Waals surface area contributed by atoms with Gasteiger partial charge in [0, 0.05) is 18.3 Å². The van der Waals surface area contributed by atoms with Crippen LogP contribution in [0.25, 0.3) is 0 Å². The van der Waals surface area contributed by atoms with E-state index < -0.39 is 0 Å². The molecule has 0 bridgehead atoms. The van der Waals surface area contributed by atoms with Crippen LogP contribution in [0.5, 0.6) is 11.5 Å².